The van der Waals surface area contributed by atoms with Crippen LogP contribution in [0.15, 0.2) is 46.2 Å². The minimum Gasteiger partial charge on any atom is -0.322 e. The molecule has 2 aliphatic heterocycles. The minimum atomic E-state index is -1.11. The molecular weight excluding hydrogens is 376 g/mol. The third-order valence-corrected chi connectivity index (χ3v) is 7.96. The van der Waals surface area contributed by atoms with Gasteiger partial charge >= 0.3 is 0 Å². The summed E-state index contributed by atoms with van der Waals surface area (Å²) in [7, 11) is -1.11. The highest BCUT2D eigenvalue weighted by Crippen LogP contribution is 2.31. The van der Waals surface area contributed by atoms with Crippen LogP contribution >= 0.6 is 11.8 Å². The molecule has 27 heavy (non-hydrogen) atoms. The zero-order valence-corrected chi connectivity index (χ0v) is 17.1. The van der Waals surface area contributed by atoms with E-state index in [1.807, 2.05) is 53.3 Å². The van der Waals surface area contributed by atoms with Crippen LogP contribution in [0.4, 0.5) is 5.69 Å². The van der Waals surface area contributed by atoms with Crippen LogP contribution in [0.5, 0.6) is 0 Å². The number of carbonyl (C=O) groups excluding carboxylic acids is 1. The SMILES string of the molecule is Cc1cc(NC(=O)c2ccc3c(c2)CCCS3)ccc1S(=O)N1CCCC1. The Morgan fingerprint density at radius 1 is 1.11 bits per heavy atom. The van der Waals surface area contributed by atoms with Crippen molar-refractivity contribution in [1.29, 1.82) is 0 Å². The number of rotatable bonds is 4. The lowest BCUT2D eigenvalue weighted by atomic mass is 10.1. The average Bonchev–Trinajstić information content (AvgIpc) is 3.22. The number of hydrogen-bond donors (Lipinski definition) is 1. The summed E-state index contributed by atoms with van der Waals surface area (Å²) in [6.45, 7) is 3.73. The second-order valence-electron chi connectivity index (χ2n) is 7.09. The number of aryl methyl sites for hydroxylation is 2. The molecule has 1 saturated heterocycles. The predicted octanol–water partition coefficient (Wildman–Crippen LogP) is 4.40. The number of nitrogens with one attached hydrogen (secondary N) is 1. The van der Waals surface area contributed by atoms with E-state index in [-0.39, 0.29) is 5.91 Å². The number of benzene rings is 2. The number of nitrogens with zero attached hydrogens (tertiary/aromatic N) is 1. The molecule has 2 aromatic rings. The summed E-state index contributed by atoms with van der Waals surface area (Å²) in [5, 5.41) is 2.98. The first kappa shape index (κ1) is 18.7. The molecule has 4 rings (SSSR count). The number of anilines is 1. The average molecular weight is 401 g/mol. The van der Waals surface area contributed by atoms with Gasteiger partial charge in [-0.1, -0.05) is 0 Å². The van der Waals surface area contributed by atoms with Crippen LogP contribution < -0.4 is 5.32 Å². The van der Waals surface area contributed by atoms with E-state index < -0.39 is 11.0 Å². The Balaban J connectivity index is 1.48. The molecule has 0 radical (unpaired) electrons. The van der Waals surface area contributed by atoms with E-state index in [4.69, 9.17) is 0 Å². The molecule has 1 N–H and O–H groups in total. The maximum absolute atomic E-state index is 12.7. The van der Waals surface area contributed by atoms with E-state index in [0.29, 0.717) is 5.56 Å². The van der Waals surface area contributed by atoms with E-state index in [1.54, 1.807) is 0 Å². The summed E-state index contributed by atoms with van der Waals surface area (Å²) in [4.78, 5) is 14.8. The van der Waals surface area contributed by atoms with Crippen LogP contribution in [-0.2, 0) is 17.4 Å². The van der Waals surface area contributed by atoms with Crippen LogP contribution in [0.25, 0.3) is 0 Å². The van der Waals surface area contributed by atoms with Crippen molar-refractivity contribution in [1.82, 2.24) is 4.31 Å². The van der Waals surface area contributed by atoms with Gasteiger partial charge in [-0.3, -0.25) is 4.79 Å². The zero-order valence-electron chi connectivity index (χ0n) is 15.5. The van der Waals surface area contributed by atoms with Gasteiger partial charge in [0, 0.05) is 29.2 Å². The fourth-order valence-electron chi connectivity index (χ4n) is 3.62. The van der Waals surface area contributed by atoms with E-state index in [2.05, 4.69) is 11.4 Å². The van der Waals surface area contributed by atoms with Gasteiger partial charge in [-0.15, -0.1) is 11.8 Å². The molecule has 0 aliphatic carbocycles. The summed E-state index contributed by atoms with van der Waals surface area (Å²) < 4.78 is 14.7. The maximum atomic E-state index is 12.7. The molecule has 1 atom stereocenters. The number of thioether (sulfide) groups is 1. The molecule has 0 spiro atoms. The van der Waals surface area contributed by atoms with Crippen LogP contribution in [0.3, 0.4) is 0 Å². The van der Waals surface area contributed by atoms with Crippen molar-refractivity contribution in [2.45, 2.75) is 42.4 Å². The molecule has 1 amide bonds. The van der Waals surface area contributed by atoms with Crippen molar-refractivity contribution in [2.24, 2.45) is 0 Å². The standard InChI is InChI=1S/C21H24N2O2S2/c1-15-13-18(7-9-20(15)27(25)23-10-2-3-11-23)22-21(24)17-6-8-19-16(14-17)5-4-12-26-19/h6-9,13-14H,2-5,10-12H2,1H3,(H,22,24). The molecular formula is C21H24N2O2S2. The monoisotopic (exact) mass is 400 g/mol. The van der Waals surface area contributed by atoms with Gasteiger partial charge in [-0.25, -0.2) is 8.51 Å². The number of carbonyl (C=O) groups is 1. The van der Waals surface area contributed by atoms with Gasteiger partial charge in [0.15, 0.2) is 0 Å². The number of fused-ring (bicyclic) bond motifs is 1. The van der Waals surface area contributed by atoms with Gasteiger partial charge in [-0.05, 0) is 85.9 Å². The van der Waals surface area contributed by atoms with E-state index in [0.717, 1.165) is 60.7 Å². The van der Waals surface area contributed by atoms with Gasteiger partial charge in [-0.2, -0.15) is 0 Å². The first-order chi connectivity index (χ1) is 13.1. The molecule has 1 fully saturated rings. The van der Waals surface area contributed by atoms with Gasteiger partial charge in [0.2, 0.25) is 0 Å². The predicted molar refractivity (Wildman–Crippen MR) is 112 cm³/mol. The minimum absolute atomic E-state index is 0.0961. The largest absolute Gasteiger partial charge is 0.322 e. The molecule has 0 bridgehead atoms. The Kier molecular flexibility index (Phi) is 5.66. The molecule has 1 unspecified atom stereocenters. The highest BCUT2D eigenvalue weighted by Gasteiger charge is 2.21. The molecule has 0 saturated carbocycles. The van der Waals surface area contributed by atoms with E-state index in [9.17, 15) is 9.00 Å². The summed E-state index contributed by atoms with van der Waals surface area (Å²) in [6.07, 6.45) is 4.42. The third-order valence-electron chi connectivity index (χ3n) is 5.09. The summed E-state index contributed by atoms with van der Waals surface area (Å²) in [6, 6.07) is 11.6. The van der Waals surface area contributed by atoms with Gasteiger partial charge < -0.3 is 5.32 Å². The highest BCUT2D eigenvalue weighted by molar-refractivity contribution is 7.99. The third kappa shape index (κ3) is 4.13. The smallest absolute Gasteiger partial charge is 0.255 e. The van der Waals surface area contributed by atoms with Gasteiger partial charge in [0.25, 0.3) is 5.91 Å². The lowest BCUT2D eigenvalue weighted by Crippen LogP contribution is -2.22. The van der Waals surface area contributed by atoms with Crippen molar-refractivity contribution in [3.63, 3.8) is 0 Å². The van der Waals surface area contributed by atoms with Crippen LogP contribution in [-0.4, -0.2) is 33.3 Å². The van der Waals surface area contributed by atoms with Crippen molar-refractivity contribution in [3.05, 3.63) is 53.1 Å². The van der Waals surface area contributed by atoms with Gasteiger partial charge in [0.1, 0.15) is 11.0 Å². The fourth-order valence-corrected chi connectivity index (χ4v) is 6.03. The summed E-state index contributed by atoms with van der Waals surface area (Å²) >= 11 is 1.87. The second kappa shape index (κ2) is 8.17. The first-order valence-corrected chi connectivity index (χ1v) is 11.6. The number of amides is 1. The Labute approximate surface area is 167 Å². The Bertz CT molecular complexity index is 892. The lowest BCUT2D eigenvalue weighted by molar-refractivity contribution is 0.102. The molecule has 2 aliphatic rings. The normalized spacial score (nSPS) is 18.1. The molecule has 4 nitrogen and oxygen atoms in total. The van der Waals surface area contributed by atoms with Crippen molar-refractivity contribution < 1.29 is 9.00 Å². The van der Waals surface area contributed by atoms with Crippen molar-refractivity contribution >= 4 is 34.3 Å². The van der Waals surface area contributed by atoms with Gasteiger partial charge in [0.05, 0.1) is 4.90 Å². The highest BCUT2D eigenvalue weighted by atomic mass is 32.2. The van der Waals surface area contributed by atoms with Crippen LogP contribution in [0.1, 0.15) is 40.7 Å². The molecule has 2 aromatic carbocycles. The quantitative estimate of drug-likeness (QED) is 0.827. The molecule has 0 aromatic heterocycles. The fraction of sp³-hybridized carbons (Fsp3) is 0.381. The molecule has 6 heteroatoms. The Morgan fingerprint density at radius 3 is 2.70 bits per heavy atom. The van der Waals surface area contributed by atoms with E-state index in [1.165, 1.54) is 10.5 Å². The lowest BCUT2D eigenvalue weighted by Gasteiger charge is -2.17. The van der Waals surface area contributed by atoms with Crippen molar-refractivity contribution in [2.75, 3.05) is 24.2 Å². The number of hydrogen-bond acceptors (Lipinski definition) is 3. The Morgan fingerprint density at radius 2 is 1.93 bits per heavy atom. The van der Waals surface area contributed by atoms with Crippen LogP contribution in [0.2, 0.25) is 0 Å². The van der Waals surface area contributed by atoms with E-state index >= 15 is 0 Å². The first-order valence-electron chi connectivity index (χ1n) is 9.46. The second-order valence-corrected chi connectivity index (χ2v) is 9.69. The molecule has 142 valence electrons. The Hall–Kier alpha value is -1.63. The van der Waals surface area contributed by atoms with Crippen LogP contribution in [0, 0.1) is 6.92 Å². The summed E-state index contributed by atoms with van der Waals surface area (Å²) in [5.74, 6) is 1.06. The summed E-state index contributed by atoms with van der Waals surface area (Å²) in [5.41, 5.74) is 3.65. The topological polar surface area (TPSA) is 49.4 Å². The zero-order chi connectivity index (χ0) is 18.8. The molecule has 2 heterocycles. The maximum Gasteiger partial charge on any atom is 0.255 e. The van der Waals surface area contributed by atoms with Crippen molar-refractivity contribution in [3.8, 4) is 0 Å².